The molecule has 5 nitrogen and oxygen atoms in total. The lowest BCUT2D eigenvalue weighted by Crippen LogP contribution is -2.45. The van der Waals surface area contributed by atoms with Gasteiger partial charge in [-0.25, -0.2) is 0 Å². The van der Waals surface area contributed by atoms with Crippen molar-refractivity contribution in [3.05, 3.63) is 51.9 Å². The third kappa shape index (κ3) is 2.80. The standard InChI is InChI=1S/C15H17ClN4O/c1-18-7-9-19(10-8-18)13-11-17-20(15(21)14(13)16)12-5-3-2-4-6-12/h2-6,11H,7-10H2,1H3. The van der Waals surface area contributed by atoms with Gasteiger partial charge in [0.2, 0.25) is 0 Å². The van der Waals surface area contributed by atoms with Gasteiger partial charge in [-0.1, -0.05) is 29.8 Å². The molecule has 0 radical (unpaired) electrons. The molecule has 2 heterocycles. The predicted octanol–water partition coefficient (Wildman–Crippen LogP) is 1.64. The molecule has 0 saturated carbocycles. The highest BCUT2D eigenvalue weighted by Gasteiger charge is 2.19. The first-order valence-electron chi connectivity index (χ1n) is 6.93. The van der Waals surface area contributed by atoms with Crippen LogP contribution in [0.4, 0.5) is 5.69 Å². The van der Waals surface area contributed by atoms with Crippen LogP contribution in [-0.4, -0.2) is 47.9 Å². The molecule has 1 saturated heterocycles. The van der Waals surface area contributed by atoms with Crippen molar-refractivity contribution in [3.63, 3.8) is 0 Å². The van der Waals surface area contributed by atoms with Crippen molar-refractivity contribution in [2.45, 2.75) is 0 Å². The summed E-state index contributed by atoms with van der Waals surface area (Å²) in [5.41, 5.74) is 1.16. The van der Waals surface area contributed by atoms with Crippen molar-refractivity contribution < 1.29 is 0 Å². The Labute approximate surface area is 128 Å². The summed E-state index contributed by atoms with van der Waals surface area (Å²) in [7, 11) is 2.09. The van der Waals surface area contributed by atoms with E-state index in [0.29, 0.717) is 5.69 Å². The van der Waals surface area contributed by atoms with Gasteiger partial charge in [0.15, 0.2) is 0 Å². The van der Waals surface area contributed by atoms with E-state index in [-0.39, 0.29) is 10.6 Å². The SMILES string of the molecule is CN1CCN(c2cnn(-c3ccccc3)c(=O)c2Cl)CC1. The number of hydrogen-bond acceptors (Lipinski definition) is 4. The molecule has 1 aromatic heterocycles. The molecule has 0 amide bonds. The number of para-hydroxylation sites is 1. The molecule has 1 fully saturated rings. The molecule has 1 aromatic carbocycles. The topological polar surface area (TPSA) is 41.4 Å². The maximum atomic E-state index is 12.4. The van der Waals surface area contributed by atoms with E-state index in [2.05, 4.69) is 21.9 Å². The van der Waals surface area contributed by atoms with Crippen molar-refractivity contribution in [1.82, 2.24) is 14.7 Å². The molecule has 1 aliphatic heterocycles. The summed E-state index contributed by atoms with van der Waals surface area (Å²) < 4.78 is 1.34. The third-order valence-corrected chi connectivity index (χ3v) is 4.10. The van der Waals surface area contributed by atoms with E-state index in [4.69, 9.17) is 11.6 Å². The van der Waals surface area contributed by atoms with Gasteiger partial charge >= 0.3 is 0 Å². The van der Waals surface area contributed by atoms with E-state index in [1.807, 2.05) is 30.3 Å². The summed E-state index contributed by atoms with van der Waals surface area (Å²) in [5, 5.41) is 4.50. The second kappa shape index (κ2) is 5.87. The van der Waals surface area contributed by atoms with Crippen LogP contribution in [-0.2, 0) is 0 Å². The summed E-state index contributed by atoms with van der Waals surface area (Å²) in [4.78, 5) is 16.8. The Morgan fingerprint density at radius 1 is 1.10 bits per heavy atom. The van der Waals surface area contributed by atoms with Gasteiger partial charge in [-0.05, 0) is 19.2 Å². The van der Waals surface area contributed by atoms with Gasteiger partial charge in [-0.2, -0.15) is 9.78 Å². The Kier molecular flexibility index (Phi) is 3.94. The maximum Gasteiger partial charge on any atom is 0.292 e. The average Bonchev–Trinajstić information content (AvgIpc) is 2.52. The minimum absolute atomic E-state index is 0.235. The van der Waals surface area contributed by atoms with Crippen molar-refractivity contribution in [1.29, 1.82) is 0 Å². The summed E-state index contributed by atoms with van der Waals surface area (Å²) in [6.07, 6.45) is 1.68. The Morgan fingerprint density at radius 2 is 1.76 bits per heavy atom. The fourth-order valence-corrected chi connectivity index (χ4v) is 2.69. The molecule has 0 aliphatic carbocycles. The number of likely N-dealkylation sites (N-methyl/N-ethyl adjacent to an activating group) is 1. The van der Waals surface area contributed by atoms with E-state index < -0.39 is 0 Å². The highest BCUT2D eigenvalue weighted by atomic mass is 35.5. The van der Waals surface area contributed by atoms with Crippen LogP contribution in [0.2, 0.25) is 5.02 Å². The lowest BCUT2D eigenvalue weighted by atomic mass is 10.3. The molecule has 1 aliphatic rings. The highest BCUT2D eigenvalue weighted by molar-refractivity contribution is 6.33. The van der Waals surface area contributed by atoms with Crippen molar-refractivity contribution in [2.24, 2.45) is 0 Å². The number of piperazine rings is 1. The zero-order valence-electron chi connectivity index (χ0n) is 11.9. The molecular weight excluding hydrogens is 288 g/mol. The second-order valence-corrected chi connectivity index (χ2v) is 5.56. The Bertz CT molecular complexity index is 678. The number of halogens is 1. The quantitative estimate of drug-likeness (QED) is 0.846. The van der Waals surface area contributed by atoms with Crippen LogP contribution in [0.3, 0.4) is 0 Å². The number of aromatic nitrogens is 2. The van der Waals surface area contributed by atoms with Crippen LogP contribution in [0, 0.1) is 0 Å². The Morgan fingerprint density at radius 3 is 2.43 bits per heavy atom. The largest absolute Gasteiger partial charge is 0.366 e. The van der Waals surface area contributed by atoms with Crippen LogP contribution >= 0.6 is 11.6 Å². The average molecular weight is 305 g/mol. The van der Waals surface area contributed by atoms with Crippen LogP contribution < -0.4 is 10.5 Å². The zero-order valence-corrected chi connectivity index (χ0v) is 12.6. The summed E-state index contributed by atoms with van der Waals surface area (Å²) >= 11 is 6.29. The van der Waals surface area contributed by atoms with E-state index in [1.165, 1.54) is 4.68 Å². The van der Waals surface area contributed by atoms with Gasteiger partial charge in [-0.3, -0.25) is 4.79 Å². The molecule has 0 bridgehead atoms. The first kappa shape index (κ1) is 14.1. The van der Waals surface area contributed by atoms with Crippen LogP contribution in [0.15, 0.2) is 41.3 Å². The van der Waals surface area contributed by atoms with Gasteiger partial charge in [0, 0.05) is 26.2 Å². The van der Waals surface area contributed by atoms with E-state index in [9.17, 15) is 4.79 Å². The summed E-state index contributed by atoms with van der Waals surface area (Å²) in [5.74, 6) is 0. The molecule has 0 spiro atoms. The third-order valence-electron chi connectivity index (χ3n) is 3.75. The van der Waals surface area contributed by atoms with Crippen molar-refractivity contribution in [2.75, 3.05) is 38.1 Å². The molecule has 0 atom stereocenters. The summed E-state index contributed by atoms with van der Waals surface area (Å²) in [6.45, 7) is 3.62. The normalized spacial score (nSPS) is 16.2. The molecule has 21 heavy (non-hydrogen) atoms. The van der Waals surface area contributed by atoms with E-state index in [0.717, 1.165) is 31.9 Å². The van der Waals surface area contributed by atoms with Crippen LogP contribution in [0.5, 0.6) is 0 Å². The minimum atomic E-state index is -0.278. The number of anilines is 1. The fraction of sp³-hybridized carbons (Fsp3) is 0.333. The zero-order chi connectivity index (χ0) is 14.8. The molecule has 0 N–H and O–H groups in total. The maximum absolute atomic E-state index is 12.4. The lowest BCUT2D eigenvalue weighted by molar-refractivity contribution is 0.312. The van der Waals surface area contributed by atoms with E-state index in [1.54, 1.807) is 6.20 Å². The van der Waals surface area contributed by atoms with Gasteiger partial charge in [0.05, 0.1) is 17.6 Å². The Hall–Kier alpha value is -1.85. The van der Waals surface area contributed by atoms with Gasteiger partial charge in [0.1, 0.15) is 5.02 Å². The Balaban J connectivity index is 1.96. The van der Waals surface area contributed by atoms with E-state index >= 15 is 0 Å². The lowest BCUT2D eigenvalue weighted by Gasteiger charge is -2.34. The molecule has 6 heteroatoms. The van der Waals surface area contributed by atoms with Gasteiger partial charge < -0.3 is 9.80 Å². The first-order chi connectivity index (χ1) is 10.2. The second-order valence-electron chi connectivity index (χ2n) is 5.19. The highest BCUT2D eigenvalue weighted by Crippen LogP contribution is 2.22. The summed E-state index contributed by atoms with van der Waals surface area (Å²) in [6, 6.07) is 9.30. The molecule has 3 rings (SSSR count). The number of rotatable bonds is 2. The predicted molar refractivity (Wildman–Crippen MR) is 84.6 cm³/mol. The molecule has 2 aromatic rings. The van der Waals surface area contributed by atoms with Crippen molar-refractivity contribution in [3.8, 4) is 5.69 Å². The number of hydrogen-bond donors (Lipinski definition) is 0. The van der Waals surface area contributed by atoms with Gasteiger partial charge in [-0.15, -0.1) is 0 Å². The molecule has 110 valence electrons. The van der Waals surface area contributed by atoms with Crippen LogP contribution in [0.1, 0.15) is 0 Å². The smallest absolute Gasteiger partial charge is 0.292 e. The number of benzene rings is 1. The minimum Gasteiger partial charge on any atom is -0.366 e. The molecule has 0 unspecified atom stereocenters. The first-order valence-corrected chi connectivity index (χ1v) is 7.31. The monoisotopic (exact) mass is 304 g/mol. The number of nitrogens with zero attached hydrogens (tertiary/aromatic N) is 4. The van der Waals surface area contributed by atoms with Crippen molar-refractivity contribution >= 4 is 17.3 Å². The van der Waals surface area contributed by atoms with Gasteiger partial charge in [0.25, 0.3) is 5.56 Å². The molecular formula is C15H17ClN4O. The fourth-order valence-electron chi connectivity index (χ4n) is 2.45. The van der Waals surface area contributed by atoms with Crippen LogP contribution in [0.25, 0.3) is 5.69 Å².